The molecule has 6 heteroatoms. The predicted octanol–water partition coefficient (Wildman–Crippen LogP) is 0.739. The number of nitrogens with two attached hydrogens (primary N) is 1. The highest BCUT2D eigenvalue weighted by Gasteiger charge is 2.16. The Kier molecular flexibility index (Phi) is 5.54. The summed E-state index contributed by atoms with van der Waals surface area (Å²) in [7, 11) is 0. The summed E-state index contributed by atoms with van der Waals surface area (Å²) >= 11 is 1.37. The van der Waals surface area contributed by atoms with Crippen molar-refractivity contribution in [3.8, 4) is 0 Å². The third-order valence-electron chi connectivity index (χ3n) is 2.27. The van der Waals surface area contributed by atoms with Gasteiger partial charge >= 0.3 is 0 Å². The third-order valence-corrected chi connectivity index (χ3v) is 3.14. The molecule has 0 saturated heterocycles. The van der Waals surface area contributed by atoms with Crippen LogP contribution in [0.15, 0.2) is 5.38 Å². The van der Waals surface area contributed by atoms with Gasteiger partial charge < -0.3 is 16.2 Å². The largest absolute Gasteiger partial charge is 0.394 e. The summed E-state index contributed by atoms with van der Waals surface area (Å²) in [5.41, 5.74) is 5.81. The molecule has 1 unspecified atom stereocenters. The molecule has 0 aromatic carbocycles. The van der Waals surface area contributed by atoms with Gasteiger partial charge in [0.25, 0.3) is 5.91 Å². The van der Waals surface area contributed by atoms with E-state index in [-0.39, 0.29) is 18.6 Å². The van der Waals surface area contributed by atoms with Crippen LogP contribution in [-0.2, 0) is 6.54 Å². The maximum absolute atomic E-state index is 11.8. The van der Waals surface area contributed by atoms with Crippen LogP contribution in [0.25, 0.3) is 0 Å². The molecular weight excluding hydrogens is 238 g/mol. The smallest absolute Gasteiger partial charge is 0.271 e. The second-order valence-electron chi connectivity index (χ2n) is 4.31. The highest BCUT2D eigenvalue weighted by molar-refractivity contribution is 7.09. The van der Waals surface area contributed by atoms with Gasteiger partial charge in [-0.25, -0.2) is 4.98 Å². The van der Waals surface area contributed by atoms with E-state index >= 15 is 0 Å². The molecule has 17 heavy (non-hydrogen) atoms. The standard InChI is InChI=1S/C11H19N3O2S/c1-7(2)3-8(5-15)13-11(16)9-6-17-10(4-12)14-9/h6-8,15H,3-5,12H2,1-2H3,(H,13,16). The molecule has 96 valence electrons. The Morgan fingerprint density at radius 3 is 2.82 bits per heavy atom. The molecule has 0 bridgehead atoms. The van der Waals surface area contributed by atoms with Gasteiger partial charge in [-0.1, -0.05) is 13.8 Å². The van der Waals surface area contributed by atoms with Gasteiger partial charge in [0.15, 0.2) is 0 Å². The number of carbonyl (C=O) groups is 1. The minimum atomic E-state index is -0.249. The number of thiazole rings is 1. The van der Waals surface area contributed by atoms with Crippen LogP contribution in [0, 0.1) is 5.92 Å². The number of amides is 1. The monoisotopic (exact) mass is 257 g/mol. The molecule has 0 saturated carbocycles. The van der Waals surface area contributed by atoms with Crippen LogP contribution in [-0.4, -0.2) is 28.6 Å². The van der Waals surface area contributed by atoms with E-state index in [2.05, 4.69) is 10.3 Å². The number of rotatable bonds is 6. The number of nitrogens with zero attached hydrogens (tertiary/aromatic N) is 1. The van der Waals surface area contributed by atoms with Crippen molar-refractivity contribution in [3.63, 3.8) is 0 Å². The number of aromatic nitrogens is 1. The molecule has 0 spiro atoms. The van der Waals surface area contributed by atoms with Crippen molar-refractivity contribution < 1.29 is 9.90 Å². The van der Waals surface area contributed by atoms with Gasteiger partial charge in [-0.05, 0) is 12.3 Å². The fraction of sp³-hybridized carbons (Fsp3) is 0.636. The van der Waals surface area contributed by atoms with Gasteiger partial charge in [0, 0.05) is 11.9 Å². The molecular formula is C11H19N3O2S. The average molecular weight is 257 g/mol. The lowest BCUT2D eigenvalue weighted by molar-refractivity contribution is 0.0904. The van der Waals surface area contributed by atoms with Gasteiger partial charge in [0.2, 0.25) is 0 Å². The molecule has 1 aromatic rings. The normalized spacial score (nSPS) is 12.8. The maximum Gasteiger partial charge on any atom is 0.271 e. The summed E-state index contributed by atoms with van der Waals surface area (Å²) in [4.78, 5) is 15.9. The molecule has 4 N–H and O–H groups in total. The number of hydrogen-bond acceptors (Lipinski definition) is 5. The van der Waals surface area contributed by atoms with Gasteiger partial charge in [0.05, 0.1) is 12.6 Å². The molecule has 1 atom stereocenters. The first-order chi connectivity index (χ1) is 8.06. The number of carbonyl (C=O) groups excluding carboxylic acids is 1. The Labute approximate surface area is 105 Å². The van der Waals surface area contributed by atoms with Gasteiger partial charge in [-0.3, -0.25) is 4.79 Å². The summed E-state index contributed by atoms with van der Waals surface area (Å²) < 4.78 is 0. The minimum absolute atomic E-state index is 0.0577. The summed E-state index contributed by atoms with van der Waals surface area (Å²) in [5, 5.41) is 14.4. The molecule has 0 aliphatic carbocycles. The van der Waals surface area contributed by atoms with Crippen molar-refractivity contribution in [2.75, 3.05) is 6.61 Å². The van der Waals surface area contributed by atoms with Crippen LogP contribution >= 0.6 is 11.3 Å². The zero-order valence-corrected chi connectivity index (χ0v) is 11.0. The molecule has 5 nitrogen and oxygen atoms in total. The van der Waals surface area contributed by atoms with Crippen LogP contribution in [0.3, 0.4) is 0 Å². The van der Waals surface area contributed by atoms with E-state index in [0.29, 0.717) is 18.2 Å². The molecule has 1 heterocycles. The topological polar surface area (TPSA) is 88.2 Å². The second kappa shape index (κ2) is 6.68. The summed E-state index contributed by atoms with van der Waals surface area (Å²) in [6, 6.07) is -0.217. The quantitative estimate of drug-likeness (QED) is 0.701. The highest BCUT2D eigenvalue weighted by atomic mass is 32.1. The molecule has 1 rings (SSSR count). The Morgan fingerprint density at radius 2 is 2.35 bits per heavy atom. The fourth-order valence-electron chi connectivity index (χ4n) is 1.52. The van der Waals surface area contributed by atoms with Crippen LogP contribution in [0.2, 0.25) is 0 Å². The van der Waals surface area contributed by atoms with Gasteiger partial charge in [-0.2, -0.15) is 0 Å². The van der Waals surface area contributed by atoms with Crippen molar-refractivity contribution in [2.45, 2.75) is 32.9 Å². The molecule has 0 aliphatic heterocycles. The fourth-order valence-corrected chi connectivity index (χ4v) is 2.17. The van der Waals surface area contributed by atoms with Crippen LogP contribution in [0.5, 0.6) is 0 Å². The van der Waals surface area contributed by atoms with Crippen molar-refractivity contribution in [1.82, 2.24) is 10.3 Å². The average Bonchev–Trinajstić information content (AvgIpc) is 2.75. The Balaban J connectivity index is 2.57. The van der Waals surface area contributed by atoms with E-state index in [4.69, 9.17) is 10.8 Å². The van der Waals surface area contributed by atoms with Crippen LogP contribution in [0.1, 0.15) is 35.8 Å². The first-order valence-corrected chi connectivity index (χ1v) is 6.51. The zero-order valence-electron chi connectivity index (χ0n) is 10.1. The van der Waals surface area contributed by atoms with Gasteiger partial charge in [-0.15, -0.1) is 11.3 Å². The molecule has 0 fully saturated rings. The van der Waals surface area contributed by atoms with Crippen molar-refractivity contribution in [2.24, 2.45) is 11.7 Å². The van der Waals surface area contributed by atoms with Crippen molar-refractivity contribution in [1.29, 1.82) is 0 Å². The number of aliphatic hydroxyl groups is 1. The Bertz CT molecular complexity index is 365. The first-order valence-electron chi connectivity index (χ1n) is 5.63. The molecule has 1 amide bonds. The third kappa shape index (κ3) is 4.41. The summed E-state index contributed by atoms with van der Waals surface area (Å²) in [5.74, 6) is 0.170. The first kappa shape index (κ1) is 14.1. The summed E-state index contributed by atoms with van der Waals surface area (Å²) in [6.45, 7) is 4.37. The Hall–Kier alpha value is -0.980. The van der Waals surface area contributed by atoms with E-state index in [9.17, 15) is 4.79 Å². The number of nitrogens with one attached hydrogen (secondary N) is 1. The van der Waals surface area contributed by atoms with Crippen molar-refractivity contribution in [3.05, 3.63) is 16.1 Å². The lowest BCUT2D eigenvalue weighted by atomic mass is 10.0. The second-order valence-corrected chi connectivity index (χ2v) is 5.26. The molecule has 0 aliphatic rings. The summed E-state index contributed by atoms with van der Waals surface area (Å²) in [6.07, 6.45) is 0.746. The lowest BCUT2D eigenvalue weighted by Gasteiger charge is -2.17. The SMILES string of the molecule is CC(C)CC(CO)NC(=O)c1csc(CN)n1. The number of hydrogen-bond donors (Lipinski definition) is 3. The Morgan fingerprint density at radius 1 is 1.65 bits per heavy atom. The van der Waals surface area contributed by atoms with Gasteiger partial charge in [0.1, 0.15) is 10.7 Å². The van der Waals surface area contributed by atoms with Crippen molar-refractivity contribution >= 4 is 17.2 Å². The van der Waals surface area contributed by atoms with E-state index in [1.165, 1.54) is 11.3 Å². The van der Waals surface area contributed by atoms with Crippen LogP contribution in [0.4, 0.5) is 0 Å². The molecule has 0 radical (unpaired) electrons. The highest BCUT2D eigenvalue weighted by Crippen LogP contribution is 2.10. The van der Waals surface area contributed by atoms with E-state index in [1.807, 2.05) is 13.8 Å². The molecule has 1 aromatic heterocycles. The van der Waals surface area contributed by atoms with E-state index in [1.54, 1.807) is 5.38 Å². The predicted molar refractivity (Wildman–Crippen MR) is 67.8 cm³/mol. The zero-order chi connectivity index (χ0) is 12.8. The van der Waals surface area contributed by atoms with E-state index < -0.39 is 0 Å². The minimum Gasteiger partial charge on any atom is -0.394 e. The van der Waals surface area contributed by atoms with E-state index in [0.717, 1.165) is 11.4 Å². The number of aliphatic hydroxyl groups excluding tert-OH is 1. The van der Waals surface area contributed by atoms with Crippen LogP contribution < -0.4 is 11.1 Å². The maximum atomic E-state index is 11.8. The lowest BCUT2D eigenvalue weighted by Crippen LogP contribution is -2.38.